The van der Waals surface area contributed by atoms with Crippen LogP contribution in [0.5, 0.6) is 11.5 Å². The summed E-state index contributed by atoms with van der Waals surface area (Å²) in [5.41, 5.74) is 0.756. The highest BCUT2D eigenvalue weighted by atomic mass is 127. The van der Waals surface area contributed by atoms with Crippen LogP contribution in [0.4, 0.5) is 0 Å². The van der Waals surface area contributed by atoms with Crippen molar-refractivity contribution >= 4 is 29.9 Å². The minimum absolute atomic E-state index is 0. The number of benzene rings is 1. The van der Waals surface area contributed by atoms with Crippen molar-refractivity contribution in [1.29, 1.82) is 0 Å². The van der Waals surface area contributed by atoms with Crippen LogP contribution in [0.15, 0.2) is 23.2 Å². The van der Waals surface area contributed by atoms with Gasteiger partial charge in [-0.1, -0.05) is 20.8 Å². The number of guanidine groups is 1. The number of aliphatic hydroxyl groups is 1. The van der Waals surface area contributed by atoms with Crippen molar-refractivity contribution in [1.82, 2.24) is 10.6 Å². The summed E-state index contributed by atoms with van der Waals surface area (Å²) in [6.07, 6.45) is 1.64. The Morgan fingerprint density at radius 2 is 2.00 bits per heavy atom. The molecule has 3 atom stereocenters. The van der Waals surface area contributed by atoms with Gasteiger partial charge in [0.1, 0.15) is 17.6 Å². The van der Waals surface area contributed by atoms with Gasteiger partial charge in [-0.15, -0.1) is 24.0 Å². The van der Waals surface area contributed by atoms with E-state index in [1.807, 2.05) is 13.0 Å². The predicted molar refractivity (Wildman–Crippen MR) is 136 cm³/mol. The van der Waals surface area contributed by atoms with E-state index in [2.05, 4.69) is 36.4 Å². The standard InChI is InChI=1S/C23H39N3O4.HI/c1-7-24-22(25-14-16-9-8-12-30-21(16)23(2,3)4)26-15-19(27)18-13-17(28-5)10-11-20(18)29-6;/h10-11,13,16,19,21,27H,7-9,12,14-15H2,1-6H3,(H2,24,25,26);1H. The minimum atomic E-state index is -0.800. The molecule has 3 unspecified atom stereocenters. The SMILES string of the molecule is CCNC(=NCC(O)c1cc(OC)ccc1OC)NCC1CCCOC1C(C)(C)C.I. The molecular formula is C23H40IN3O4. The summed E-state index contributed by atoms with van der Waals surface area (Å²) < 4.78 is 16.7. The van der Waals surface area contributed by atoms with Crippen LogP contribution >= 0.6 is 24.0 Å². The van der Waals surface area contributed by atoms with Gasteiger partial charge in [-0.05, 0) is 43.4 Å². The van der Waals surface area contributed by atoms with Crippen molar-refractivity contribution in [2.45, 2.75) is 52.7 Å². The third-order valence-corrected chi connectivity index (χ3v) is 5.39. The van der Waals surface area contributed by atoms with E-state index in [-0.39, 0.29) is 42.0 Å². The lowest BCUT2D eigenvalue weighted by Crippen LogP contribution is -2.47. The number of methoxy groups -OCH3 is 2. The molecular weight excluding hydrogens is 509 g/mol. The van der Waals surface area contributed by atoms with E-state index in [9.17, 15) is 5.11 Å². The number of aliphatic imine (C=N–C) groups is 1. The van der Waals surface area contributed by atoms with Crippen molar-refractivity contribution in [3.05, 3.63) is 23.8 Å². The molecule has 1 aliphatic rings. The van der Waals surface area contributed by atoms with Gasteiger partial charge in [0, 0.05) is 31.2 Å². The number of nitrogens with one attached hydrogen (secondary N) is 2. The number of rotatable bonds is 8. The van der Waals surface area contributed by atoms with Crippen molar-refractivity contribution < 1.29 is 19.3 Å². The van der Waals surface area contributed by atoms with Crippen LogP contribution in [0.2, 0.25) is 0 Å². The van der Waals surface area contributed by atoms with E-state index in [0.717, 1.165) is 32.5 Å². The predicted octanol–water partition coefficient (Wildman–Crippen LogP) is 3.75. The average Bonchev–Trinajstić information content (AvgIpc) is 2.74. The second-order valence-corrected chi connectivity index (χ2v) is 8.78. The zero-order valence-electron chi connectivity index (χ0n) is 19.7. The van der Waals surface area contributed by atoms with E-state index < -0.39 is 6.10 Å². The Morgan fingerprint density at radius 1 is 1.26 bits per heavy atom. The van der Waals surface area contributed by atoms with Gasteiger partial charge in [-0.2, -0.15) is 0 Å². The number of halogens is 1. The van der Waals surface area contributed by atoms with Gasteiger partial charge in [-0.25, -0.2) is 0 Å². The fraction of sp³-hybridized carbons (Fsp3) is 0.696. The highest BCUT2D eigenvalue weighted by molar-refractivity contribution is 14.0. The molecule has 1 aliphatic heterocycles. The summed E-state index contributed by atoms with van der Waals surface area (Å²) >= 11 is 0. The van der Waals surface area contributed by atoms with Crippen molar-refractivity contribution in [3.8, 4) is 11.5 Å². The largest absolute Gasteiger partial charge is 0.497 e. The molecule has 178 valence electrons. The molecule has 1 aromatic rings. The van der Waals surface area contributed by atoms with Crippen molar-refractivity contribution in [3.63, 3.8) is 0 Å². The van der Waals surface area contributed by atoms with Crippen LogP contribution in [0.1, 0.15) is 52.2 Å². The number of aliphatic hydroxyl groups excluding tert-OH is 1. The summed E-state index contributed by atoms with van der Waals surface area (Å²) in [7, 11) is 3.19. The Morgan fingerprint density at radius 3 is 2.61 bits per heavy atom. The highest BCUT2D eigenvalue weighted by Gasteiger charge is 2.35. The maximum atomic E-state index is 10.7. The summed E-state index contributed by atoms with van der Waals surface area (Å²) in [6, 6.07) is 5.38. The molecule has 1 fully saturated rings. The maximum Gasteiger partial charge on any atom is 0.191 e. The van der Waals surface area contributed by atoms with Gasteiger partial charge in [0.15, 0.2) is 5.96 Å². The second kappa shape index (κ2) is 13.3. The number of hydrogen-bond donors (Lipinski definition) is 3. The molecule has 0 aromatic heterocycles. The molecule has 1 saturated heterocycles. The highest BCUT2D eigenvalue weighted by Crippen LogP contribution is 2.33. The zero-order chi connectivity index (χ0) is 22.1. The number of nitrogens with zero attached hydrogens (tertiary/aromatic N) is 1. The van der Waals surface area contributed by atoms with Gasteiger partial charge >= 0.3 is 0 Å². The first-order chi connectivity index (χ1) is 14.3. The number of ether oxygens (including phenoxy) is 3. The molecule has 3 N–H and O–H groups in total. The van der Waals surface area contributed by atoms with Crippen LogP contribution < -0.4 is 20.1 Å². The molecule has 8 heteroatoms. The molecule has 1 aromatic carbocycles. The third kappa shape index (κ3) is 8.31. The monoisotopic (exact) mass is 549 g/mol. The smallest absolute Gasteiger partial charge is 0.191 e. The number of hydrogen-bond acceptors (Lipinski definition) is 5. The van der Waals surface area contributed by atoms with Crippen LogP contribution in [0.3, 0.4) is 0 Å². The fourth-order valence-corrected chi connectivity index (χ4v) is 3.95. The normalized spacial score (nSPS) is 20.4. The first-order valence-electron chi connectivity index (χ1n) is 10.8. The molecule has 31 heavy (non-hydrogen) atoms. The van der Waals surface area contributed by atoms with Crippen LogP contribution in [-0.2, 0) is 4.74 Å². The zero-order valence-corrected chi connectivity index (χ0v) is 22.1. The lowest BCUT2D eigenvalue weighted by atomic mass is 9.78. The first kappa shape index (κ1) is 27.8. The molecule has 0 bridgehead atoms. The van der Waals surface area contributed by atoms with E-state index in [4.69, 9.17) is 14.2 Å². The summed E-state index contributed by atoms with van der Waals surface area (Å²) in [5.74, 6) is 2.40. The van der Waals surface area contributed by atoms with Gasteiger partial charge in [0.25, 0.3) is 0 Å². The van der Waals surface area contributed by atoms with Crippen LogP contribution in [0.25, 0.3) is 0 Å². The Kier molecular flexibility index (Phi) is 11.9. The van der Waals surface area contributed by atoms with Gasteiger partial charge in [-0.3, -0.25) is 4.99 Å². The lowest BCUT2D eigenvalue weighted by Gasteiger charge is -2.40. The Hall–Kier alpha value is -1.26. The third-order valence-electron chi connectivity index (χ3n) is 5.39. The Balaban J connectivity index is 0.00000480. The van der Waals surface area contributed by atoms with Gasteiger partial charge in [0.2, 0.25) is 0 Å². The molecule has 0 aliphatic carbocycles. The van der Waals surface area contributed by atoms with Crippen molar-refractivity contribution in [2.24, 2.45) is 16.3 Å². The van der Waals surface area contributed by atoms with Crippen LogP contribution in [-0.4, -0.2) is 57.6 Å². The summed E-state index contributed by atoms with van der Waals surface area (Å²) in [4.78, 5) is 4.60. The second-order valence-electron chi connectivity index (χ2n) is 8.78. The van der Waals surface area contributed by atoms with E-state index in [1.165, 1.54) is 0 Å². The molecule has 0 amide bonds. The maximum absolute atomic E-state index is 10.7. The fourth-order valence-electron chi connectivity index (χ4n) is 3.95. The topological polar surface area (TPSA) is 84.3 Å². The Bertz CT molecular complexity index is 694. The van der Waals surface area contributed by atoms with E-state index in [1.54, 1.807) is 26.4 Å². The lowest BCUT2D eigenvalue weighted by molar-refractivity contribution is -0.0835. The average molecular weight is 549 g/mol. The minimum Gasteiger partial charge on any atom is -0.497 e. The molecule has 2 rings (SSSR count). The molecule has 0 saturated carbocycles. The van der Waals surface area contributed by atoms with E-state index in [0.29, 0.717) is 28.9 Å². The summed E-state index contributed by atoms with van der Waals surface area (Å²) in [5, 5.41) is 17.4. The van der Waals surface area contributed by atoms with E-state index >= 15 is 0 Å². The molecule has 0 spiro atoms. The quantitative estimate of drug-likeness (QED) is 0.260. The molecule has 1 heterocycles. The first-order valence-corrected chi connectivity index (χ1v) is 10.8. The molecule has 7 nitrogen and oxygen atoms in total. The van der Waals surface area contributed by atoms with Gasteiger partial charge < -0.3 is 30.0 Å². The van der Waals surface area contributed by atoms with Crippen LogP contribution in [0, 0.1) is 11.3 Å². The van der Waals surface area contributed by atoms with Crippen molar-refractivity contribution in [2.75, 3.05) is 40.5 Å². The Labute approximate surface area is 204 Å². The summed E-state index contributed by atoms with van der Waals surface area (Å²) in [6.45, 7) is 11.3. The molecule has 0 radical (unpaired) electrons. The van der Waals surface area contributed by atoms with Gasteiger partial charge in [0.05, 0.1) is 26.9 Å².